The second-order valence-corrected chi connectivity index (χ2v) is 8.73. The average Bonchev–Trinajstić information content (AvgIpc) is 3.36. The van der Waals surface area contributed by atoms with E-state index in [4.69, 9.17) is 5.10 Å². The molecule has 0 saturated carbocycles. The Labute approximate surface area is 192 Å². The molecule has 2 heterocycles. The molecule has 0 spiro atoms. The molecule has 1 aromatic heterocycles. The number of aryl methyl sites for hydroxylation is 1. The molecule has 3 aromatic carbocycles. The van der Waals surface area contributed by atoms with E-state index >= 15 is 0 Å². The number of amides is 2. The normalized spacial score (nSPS) is 16.5. The number of carbonyl (C=O) groups is 2. The number of allylic oxidation sites excluding steroid dienone is 1. The molecule has 0 atom stereocenters. The molecular weight excluding hydrogens is 410 g/mol. The van der Waals surface area contributed by atoms with Crippen LogP contribution in [0.25, 0.3) is 16.3 Å². The van der Waals surface area contributed by atoms with Gasteiger partial charge in [-0.2, -0.15) is 5.10 Å². The van der Waals surface area contributed by atoms with E-state index in [9.17, 15) is 9.59 Å². The molecule has 0 saturated heterocycles. The molecule has 1 aliphatic carbocycles. The molecule has 0 fully saturated rings. The minimum atomic E-state index is -0.217. The van der Waals surface area contributed by atoms with E-state index in [1.54, 1.807) is 24.3 Å². The molecule has 0 unspecified atom stereocenters. The van der Waals surface area contributed by atoms with E-state index < -0.39 is 0 Å². The molecule has 0 bridgehead atoms. The molecular formula is C28H23N3O2. The van der Waals surface area contributed by atoms with Gasteiger partial charge in [0.2, 0.25) is 0 Å². The van der Waals surface area contributed by atoms with Crippen LogP contribution in [-0.4, -0.2) is 33.0 Å². The van der Waals surface area contributed by atoms with Crippen LogP contribution in [0.15, 0.2) is 79.0 Å². The lowest BCUT2D eigenvalue weighted by molar-refractivity contribution is 0.0672. The number of carbonyl (C=O) groups excluding carboxylic acids is 2. The molecule has 0 radical (unpaired) electrons. The Kier molecular flexibility index (Phi) is 4.68. The van der Waals surface area contributed by atoms with E-state index in [1.807, 2.05) is 10.8 Å². The van der Waals surface area contributed by atoms with E-state index in [1.165, 1.54) is 26.8 Å². The first-order valence-electron chi connectivity index (χ1n) is 11.4. The van der Waals surface area contributed by atoms with Crippen LogP contribution < -0.4 is 0 Å². The molecule has 5 heteroatoms. The summed E-state index contributed by atoms with van der Waals surface area (Å²) < 4.78 is 2.01. The zero-order chi connectivity index (χ0) is 22.4. The second-order valence-electron chi connectivity index (χ2n) is 8.73. The van der Waals surface area contributed by atoms with E-state index in [2.05, 4.69) is 48.7 Å². The third-order valence-corrected chi connectivity index (χ3v) is 6.59. The van der Waals surface area contributed by atoms with Gasteiger partial charge in [-0.3, -0.25) is 19.2 Å². The first-order valence-corrected chi connectivity index (χ1v) is 11.4. The van der Waals surface area contributed by atoms with Crippen molar-refractivity contribution in [3.8, 4) is 0 Å². The Hall–Kier alpha value is -3.99. The molecule has 2 amide bonds. The third-order valence-electron chi connectivity index (χ3n) is 6.59. The van der Waals surface area contributed by atoms with Crippen LogP contribution in [0, 0.1) is 0 Å². The fraction of sp³-hybridized carbons (Fsp3) is 0.179. The number of aromatic nitrogens is 2. The average molecular weight is 434 g/mol. The zero-order valence-electron chi connectivity index (χ0n) is 18.2. The third kappa shape index (κ3) is 3.46. The van der Waals surface area contributed by atoms with Crippen LogP contribution >= 0.6 is 0 Å². The van der Waals surface area contributed by atoms with Crippen molar-refractivity contribution in [2.75, 3.05) is 6.54 Å². The van der Waals surface area contributed by atoms with Gasteiger partial charge in [0.25, 0.3) is 11.8 Å². The predicted octanol–water partition coefficient (Wildman–Crippen LogP) is 5.10. The number of imide groups is 1. The highest BCUT2D eigenvalue weighted by Gasteiger charge is 2.34. The Morgan fingerprint density at radius 2 is 1.58 bits per heavy atom. The van der Waals surface area contributed by atoms with Crippen LogP contribution in [0.1, 0.15) is 50.4 Å². The summed E-state index contributed by atoms with van der Waals surface area (Å²) in [6.45, 7) is 0.988. The van der Waals surface area contributed by atoms with Gasteiger partial charge in [0.1, 0.15) is 0 Å². The predicted molar refractivity (Wildman–Crippen MR) is 128 cm³/mol. The van der Waals surface area contributed by atoms with Crippen LogP contribution in [0.3, 0.4) is 0 Å². The van der Waals surface area contributed by atoms with Gasteiger partial charge in [-0.25, -0.2) is 0 Å². The number of hydrogen-bond acceptors (Lipinski definition) is 3. The standard InChI is InChI=1S/C28H23N3O2/c32-27-24-10-3-4-11-25(24)28(33)31(27)15-14-21-8-5-9-23-18-30(29-26(21)23)17-19-12-13-20-6-1-2-7-22(20)16-19/h1-4,6-7,10-14,16,18H,5,8-9,15,17H2. The van der Waals surface area contributed by atoms with Gasteiger partial charge < -0.3 is 0 Å². The van der Waals surface area contributed by atoms with Crippen molar-refractivity contribution in [3.63, 3.8) is 0 Å². The smallest absolute Gasteiger partial charge is 0.261 e. The van der Waals surface area contributed by atoms with Crippen molar-refractivity contribution in [1.29, 1.82) is 0 Å². The number of benzene rings is 3. The summed E-state index contributed by atoms with van der Waals surface area (Å²) in [4.78, 5) is 26.7. The maximum absolute atomic E-state index is 12.7. The lowest BCUT2D eigenvalue weighted by Crippen LogP contribution is -2.30. The molecule has 33 heavy (non-hydrogen) atoms. The Morgan fingerprint density at radius 3 is 2.36 bits per heavy atom. The lowest BCUT2D eigenvalue weighted by Gasteiger charge is -2.16. The van der Waals surface area contributed by atoms with Gasteiger partial charge in [0, 0.05) is 12.7 Å². The highest BCUT2D eigenvalue weighted by molar-refractivity contribution is 6.21. The molecule has 2 aliphatic rings. The first-order chi connectivity index (χ1) is 16.2. The summed E-state index contributed by atoms with van der Waals surface area (Å²) in [7, 11) is 0. The van der Waals surface area contributed by atoms with Crippen molar-refractivity contribution in [1.82, 2.24) is 14.7 Å². The topological polar surface area (TPSA) is 55.2 Å². The Balaban J connectivity index is 1.24. The Bertz CT molecular complexity index is 1410. The monoisotopic (exact) mass is 433 g/mol. The van der Waals surface area contributed by atoms with Gasteiger partial charge in [-0.15, -0.1) is 0 Å². The molecule has 5 nitrogen and oxygen atoms in total. The largest absolute Gasteiger partial charge is 0.270 e. The highest BCUT2D eigenvalue weighted by atomic mass is 16.2. The molecule has 4 aromatic rings. The molecule has 6 rings (SSSR count). The van der Waals surface area contributed by atoms with Crippen molar-refractivity contribution >= 4 is 28.2 Å². The number of rotatable bonds is 4. The molecule has 1 aliphatic heterocycles. The number of hydrogen-bond donors (Lipinski definition) is 0. The van der Waals surface area contributed by atoms with Crippen molar-refractivity contribution in [3.05, 3.63) is 107 Å². The fourth-order valence-electron chi connectivity index (χ4n) is 4.91. The van der Waals surface area contributed by atoms with Crippen molar-refractivity contribution in [2.24, 2.45) is 0 Å². The number of fused-ring (bicyclic) bond motifs is 3. The van der Waals surface area contributed by atoms with Crippen molar-refractivity contribution in [2.45, 2.75) is 25.8 Å². The summed E-state index contributed by atoms with van der Waals surface area (Å²) in [5.41, 5.74) is 5.54. The van der Waals surface area contributed by atoms with E-state index in [-0.39, 0.29) is 18.4 Å². The van der Waals surface area contributed by atoms with Gasteiger partial charge in [-0.1, -0.05) is 54.6 Å². The van der Waals surface area contributed by atoms with E-state index in [0.717, 1.165) is 30.5 Å². The maximum Gasteiger partial charge on any atom is 0.261 e. The number of nitrogens with zero attached hydrogens (tertiary/aromatic N) is 3. The minimum absolute atomic E-state index is 0.217. The quantitative estimate of drug-likeness (QED) is 0.421. The Morgan fingerprint density at radius 1 is 0.848 bits per heavy atom. The van der Waals surface area contributed by atoms with Gasteiger partial charge in [0.15, 0.2) is 0 Å². The van der Waals surface area contributed by atoms with E-state index in [0.29, 0.717) is 17.7 Å². The summed E-state index contributed by atoms with van der Waals surface area (Å²) >= 11 is 0. The van der Waals surface area contributed by atoms with Crippen molar-refractivity contribution < 1.29 is 9.59 Å². The van der Waals surface area contributed by atoms with Gasteiger partial charge in [-0.05, 0) is 64.9 Å². The van der Waals surface area contributed by atoms with Gasteiger partial charge in [0.05, 0.1) is 23.4 Å². The maximum atomic E-state index is 12.7. The minimum Gasteiger partial charge on any atom is -0.270 e. The SMILES string of the molecule is O=C1c2ccccc2C(=O)N1CC=C1CCCc2cn(Cc3ccc4ccccc4c3)nc21. The van der Waals surface area contributed by atoms with Crippen LogP contribution in [0.4, 0.5) is 0 Å². The zero-order valence-corrected chi connectivity index (χ0v) is 18.2. The highest BCUT2D eigenvalue weighted by Crippen LogP contribution is 2.31. The first kappa shape index (κ1) is 19.7. The summed E-state index contributed by atoms with van der Waals surface area (Å²) in [5, 5.41) is 7.36. The summed E-state index contributed by atoms with van der Waals surface area (Å²) in [6, 6.07) is 21.9. The summed E-state index contributed by atoms with van der Waals surface area (Å²) in [5.74, 6) is -0.435. The van der Waals surface area contributed by atoms with Crippen LogP contribution in [0.2, 0.25) is 0 Å². The van der Waals surface area contributed by atoms with Gasteiger partial charge >= 0.3 is 0 Å². The van der Waals surface area contributed by atoms with Crippen LogP contribution in [0.5, 0.6) is 0 Å². The molecule has 0 N–H and O–H groups in total. The van der Waals surface area contributed by atoms with Crippen LogP contribution in [-0.2, 0) is 13.0 Å². The lowest BCUT2D eigenvalue weighted by atomic mass is 9.93. The fourth-order valence-corrected chi connectivity index (χ4v) is 4.91. The molecule has 162 valence electrons. The summed E-state index contributed by atoms with van der Waals surface area (Å²) in [6.07, 6.45) is 7.09. The second kappa shape index (κ2) is 7.85.